The van der Waals surface area contributed by atoms with E-state index in [1.54, 1.807) is 12.1 Å². The molecule has 1 rings (SSSR count). The second-order valence-electron chi connectivity index (χ2n) is 2.06. The molecule has 0 saturated heterocycles. The third kappa shape index (κ3) is 1.72. The van der Waals surface area contributed by atoms with E-state index >= 15 is 0 Å². The van der Waals surface area contributed by atoms with Crippen LogP contribution in [0.5, 0.6) is 0 Å². The number of nitriles is 1. The molecule has 1 aromatic carbocycles. The Morgan fingerprint density at radius 2 is 2.27 bits per heavy atom. The van der Waals surface area contributed by atoms with Crippen LogP contribution >= 0.6 is 15.9 Å². The third-order valence-corrected chi connectivity index (χ3v) is 2.02. The molecule has 0 aliphatic heterocycles. The van der Waals surface area contributed by atoms with Gasteiger partial charge in [-0.2, -0.15) is 5.26 Å². The lowest BCUT2D eigenvalue weighted by molar-refractivity contribution is 1.44. The molecule has 0 radical (unpaired) electrons. The average Bonchev–Trinajstić information content (AvgIpc) is 2.04. The minimum atomic E-state index is 0.663. The van der Waals surface area contributed by atoms with Crippen LogP contribution in [0, 0.1) is 11.3 Å². The Labute approximate surface area is 74.0 Å². The lowest BCUT2D eigenvalue weighted by Crippen LogP contribution is -1.88. The van der Waals surface area contributed by atoms with Crippen LogP contribution in [0.25, 0.3) is 0 Å². The molecular formula is C8H7BrN2. The lowest BCUT2D eigenvalue weighted by atomic mass is 10.2. The topological polar surface area (TPSA) is 35.8 Å². The van der Waals surface area contributed by atoms with Crippen LogP contribution in [0.2, 0.25) is 0 Å². The summed E-state index contributed by atoms with van der Waals surface area (Å²) in [6.07, 6.45) is 0. The minimum absolute atomic E-state index is 0.663. The summed E-state index contributed by atoms with van der Waals surface area (Å²) in [5.41, 5.74) is 1.65. The molecule has 0 saturated carbocycles. The highest BCUT2D eigenvalue weighted by molar-refractivity contribution is 9.10. The molecule has 0 spiro atoms. The number of halogens is 1. The molecule has 0 amide bonds. The molecule has 0 unspecified atom stereocenters. The van der Waals surface area contributed by atoms with Crippen LogP contribution in [0.1, 0.15) is 5.56 Å². The van der Waals surface area contributed by atoms with Gasteiger partial charge in [0.05, 0.1) is 11.6 Å². The molecule has 0 fully saturated rings. The molecule has 0 aliphatic rings. The minimum Gasteiger partial charge on any atom is -0.387 e. The Balaban J connectivity index is 3.12. The van der Waals surface area contributed by atoms with Crippen molar-refractivity contribution in [2.75, 3.05) is 12.4 Å². The van der Waals surface area contributed by atoms with E-state index in [0.717, 1.165) is 10.2 Å². The molecule has 0 aliphatic carbocycles. The van der Waals surface area contributed by atoms with E-state index in [1.165, 1.54) is 0 Å². The highest BCUT2D eigenvalue weighted by atomic mass is 79.9. The zero-order chi connectivity index (χ0) is 8.27. The number of anilines is 1. The van der Waals surface area contributed by atoms with Gasteiger partial charge < -0.3 is 5.32 Å². The first kappa shape index (κ1) is 8.09. The van der Waals surface area contributed by atoms with Gasteiger partial charge in [0.15, 0.2) is 0 Å². The van der Waals surface area contributed by atoms with E-state index in [4.69, 9.17) is 5.26 Å². The summed E-state index contributed by atoms with van der Waals surface area (Å²) in [5, 5.41) is 11.5. The monoisotopic (exact) mass is 210 g/mol. The Morgan fingerprint density at radius 3 is 2.73 bits per heavy atom. The van der Waals surface area contributed by atoms with Crippen LogP contribution in [-0.4, -0.2) is 7.05 Å². The summed E-state index contributed by atoms with van der Waals surface area (Å²) >= 11 is 3.33. The summed E-state index contributed by atoms with van der Waals surface area (Å²) in [6.45, 7) is 0. The van der Waals surface area contributed by atoms with Crippen molar-refractivity contribution in [3.8, 4) is 6.07 Å². The molecule has 3 heteroatoms. The van der Waals surface area contributed by atoms with Crippen molar-refractivity contribution < 1.29 is 0 Å². The fourth-order valence-corrected chi connectivity index (χ4v) is 1.36. The van der Waals surface area contributed by atoms with Crippen LogP contribution in [-0.2, 0) is 0 Å². The van der Waals surface area contributed by atoms with E-state index in [-0.39, 0.29) is 0 Å². The predicted octanol–water partition coefficient (Wildman–Crippen LogP) is 2.36. The maximum absolute atomic E-state index is 8.53. The van der Waals surface area contributed by atoms with Gasteiger partial charge in [0.1, 0.15) is 0 Å². The van der Waals surface area contributed by atoms with Crippen LogP contribution in [0.3, 0.4) is 0 Å². The normalized spacial score (nSPS) is 8.82. The van der Waals surface area contributed by atoms with Gasteiger partial charge in [0.2, 0.25) is 0 Å². The molecule has 1 aromatic rings. The first-order valence-corrected chi connectivity index (χ1v) is 3.94. The first-order valence-electron chi connectivity index (χ1n) is 3.15. The largest absolute Gasteiger partial charge is 0.387 e. The summed E-state index contributed by atoms with van der Waals surface area (Å²) in [5.74, 6) is 0. The zero-order valence-corrected chi connectivity index (χ0v) is 7.64. The van der Waals surface area contributed by atoms with Gasteiger partial charge in [-0.25, -0.2) is 0 Å². The van der Waals surface area contributed by atoms with Crippen molar-refractivity contribution in [3.63, 3.8) is 0 Å². The molecule has 56 valence electrons. The van der Waals surface area contributed by atoms with E-state index < -0.39 is 0 Å². The number of nitrogens with zero attached hydrogens (tertiary/aromatic N) is 1. The molecular weight excluding hydrogens is 204 g/mol. The van der Waals surface area contributed by atoms with Gasteiger partial charge in [0, 0.05) is 17.2 Å². The van der Waals surface area contributed by atoms with Crippen molar-refractivity contribution in [2.45, 2.75) is 0 Å². The smallest absolute Gasteiger partial charge is 0.0992 e. The van der Waals surface area contributed by atoms with Gasteiger partial charge >= 0.3 is 0 Å². The highest BCUT2D eigenvalue weighted by Crippen LogP contribution is 2.22. The number of nitrogens with one attached hydrogen (secondary N) is 1. The van der Waals surface area contributed by atoms with E-state index in [0.29, 0.717) is 5.56 Å². The second-order valence-corrected chi connectivity index (χ2v) is 2.91. The zero-order valence-electron chi connectivity index (χ0n) is 6.06. The molecule has 0 heterocycles. The van der Waals surface area contributed by atoms with Gasteiger partial charge in [-0.15, -0.1) is 0 Å². The van der Waals surface area contributed by atoms with Crippen molar-refractivity contribution in [1.29, 1.82) is 5.26 Å². The number of hydrogen-bond acceptors (Lipinski definition) is 2. The molecule has 1 N–H and O–H groups in total. The van der Waals surface area contributed by atoms with Crippen LogP contribution in [0.15, 0.2) is 22.7 Å². The molecule has 0 aromatic heterocycles. The Bertz CT molecular complexity index is 301. The number of rotatable bonds is 1. The summed E-state index contributed by atoms with van der Waals surface area (Å²) < 4.78 is 0.916. The van der Waals surface area contributed by atoms with Crippen molar-refractivity contribution in [1.82, 2.24) is 0 Å². The standard InChI is InChI=1S/C8H7BrN2/c1-11-8-3-2-6(5-10)4-7(8)9/h2-4,11H,1H3. The van der Waals surface area contributed by atoms with Crippen molar-refractivity contribution in [3.05, 3.63) is 28.2 Å². The number of hydrogen-bond donors (Lipinski definition) is 1. The Morgan fingerprint density at radius 1 is 1.55 bits per heavy atom. The lowest BCUT2D eigenvalue weighted by Gasteiger charge is -2.01. The quantitative estimate of drug-likeness (QED) is 0.773. The van der Waals surface area contributed by atoms with Gasteiger partial charge in [0.25, 0.3) is 0 Å². The molecule has 0 atom stereocenters. The highest BCUT2D eigenvalue weighted by Gasteiger charge is 1.97. The summed E-state index contributed by atoms with van der Waals surface area (Å²) in [4.78, 5) is 0. The molecule has 2 nitrogen and oxygen atoms in total. The van der Waals surface area contributed by atoms with E-state index in [1.807, 2.05) is 13.1 Å². The molecule has 11 heavy (non-hydrogen) atoms. The molecule has 0 bridgehead atoms. The van der Waals surface area contributed by atoms with Gasteiger partial charge in [-0.05, 0) is 34.1 Å². The Kier molecular flexibility index (Phi) is 2.50. The number of benzene rings is 1. The maximum atomic E-state index is 8.53. The summed E-state index contributed by atoms with van der Waals surface area (Å²) in [6, 6.07) is 7.48. The maximum Gasteiger partial charge on any atom is 0.0992 e. The van der Waals surface area contributed by atoms with Crippen LogP contribution < -0.4 is 5.32 Å². The van der Waals surface area contributed by atoms with Crippen molar-refractivity contribution in [2.24, 2.45) is 0 Å². The first-order chi connectivity index (χ1) is 5.27. The SMILES string of the molecule is CNc1ccc(C#N)cc1Br. The van der Waals surface area contributed by atoms with Gasteiger partial charge in [-0.1, -0.05) is 0 Å². The fraction of sp³-hybridized carbons (Fsp3) is 0.125. The van der Waals surface area contributed by atoms with Crippen molar-refractivity contribution >= 4 is 21.6 Å². The van der Waals surface area contributed by atoms with E-state index in [2.05, 4.69) is 27.3 Å². The summed E-state index contributed by atoms with van der Waals surface area (Å²) in [7, 11) is 1.84. The van der Waals surface area contributed by atoms with Crippen LogP contribution in [0.4, 0.5) is 5.69 Å². The Hall–Kier alpha value is -1.01. The third-order valence-electron chi connectivity index (χ3n) is 1.37. The predicted molar refractivity (Wildman–Crippen MR) is 48.4 cm³/mol. The van der Waals surface area contributed by atoms with Gasteiger partial charge in [-0.3, -0.25) is 0 Å². The van der Waals surface area contributed by atoms with E-state index in [9.17, 15) is 0 Å². The fourth-order valence-electron chi connectivity index (χ4n) is 0.787. The average molecular weight is 211 g/mol. The second kappa shape index (κ2) is 3.40.